The summed E-state index contributed by atoms with van der Waals surface area (Å²) in [5, 5.41) is 0. The molecule has 1 aromatic rings. The lowest BCUT2D eigenvalue weighted by molar-refractivity contribution is 0.271. The van der Waals surface area contributed by atoms with Gasteiger partial charge in [-0.1, -0.05) is 12.5 Å². The van der Waals surface area contributed by atoms with Gasteiger partial charge in [0, 0.05) is 36.8 Å². The number of rotatable bonds is 5. The van der Waals surface area contributed by atoms with Crippen molar-refractivity contribution >= 4 is 21.6 Å². The largest absolute Gasteiger partial charge is 0.261 e. The van der Waals surface area contributed by atoms with Crippen LogP contribution in [0, 0.1) is 0 Å². The Morgan fingerprint density at radius 3 is 2.89 bits per heavy atom. The molecule has 0 saturated carbocycles. The molecule has 0 radical (unpaired) electrons. The van der Waals surface area contributed by atoms with E-state index in [2.05, 4.69) is 4.98 Å². The number of halogens is 1. The maximum atomic E-state index is 12.4. The Morgan fingerprint density at radius 1 is 1.37 bits per heavy atom. The summed E-state index contributed by atoms with van der Waals surface area (Å²) in [6.07, 6.45) is 4.99. The summed E-state index contributed by atoms with van der Waals surface area (Å²) in [5.74, 6) is 0.486. The molecule has 0 amide bonds. The Kier molecular flexibility index (Phi) is 5.19. The lowest BCUT2D eigenvalue weighted by atomic mass is 10.1. The van der Waals surface area contributed by atoms with Crippen LogP contribution in [0.1, 0.15) is 25.0 Å². The first-order chi connectivity index (χ1) is 9.13. The molecule has 0 N–H and O–H groups in total. The van der Waals surface area contributed by atoms with Gasteiger partial charge in [0.1, 0.15) is 0 Å². The lowest BCUT2D eigenvalue weighted by Gasteiger charge is -2.33. The predicted molar refractivity (Wildman–Crippen MR) is 76.8 cm³/mol. The van der Waals surface area contributed by atoms with E-state index >= 15 is 0 Å². The van der Waals surface area contributed by atoms with Gasteiger partial charge >= 0.3 is 0 Å². The number of pyridine rings is 1. The zero-order valence-corrected chi connectivity index (χ0v) is 12.4. The molecule has 0 aliphatic carbocycles. The third-order valence-corrected chi connectivity index (χ3v) is 5.72. The first kappa shape index (κ1) is 14.8. The molecule has 19 heavy (non-hydrogen) atoms. The van der Waals surface area contributed by atoms with Crippen LogP contribution < -0.4 is 0 Å². The molecule has 1 aliphatic heterocycles. The van der Waals surface area contributed by atoms with Crippen molar-refractivity contribution in [2.75, 3.05) is 18.2 Å². The highest BCUT2D eigenvalue weighted by atomic mass is 35.5. The van der Waals surface area contributed by atoms with Crippen molar-refractivity contribution in [3.8, 4) is 0 Å². The van der Waals surface area contributed by atoms with E-state index in [1.165, 1.54) is 0 Å². The molecule has 1 unspecified atom stereocenters. The molecule has 1 aromatic heterocycles. The second-order valence-electron chi connectivity index (χ2n) is 4.80. The van der Waals surface area contributed by atoms with Gasteiger partial charge in [-0.2, -0.15) is 4.31 Å². The Bertz CT molecular complexity index is 493. The quantitative estimate of drug-likeness (QED) is 0.782. The average Bonchev–Trinajstić information content (AvgIpc) is 2.46. The number of alkyl halides is 1. The van der Waals surface area contributed by atoms with Crippen molar-refractivity contribution in [2.45, 2.75) is 31.7 Å². The Labute approximate surface area is 119 Å². The summed E-state index contributed by atoms with van der Waals surface area (Å²) in [6.45, 7) is 0.599. The van der Waals surface area contributed by atoms with Crippen LogP contribution >= 0.6 is 11.6 Å². The topological polar surface area (TPSA) is 50.3 Å². The minimum Gasteiger partial charge on any atom is -0.261 e. The number of aromatic nitrogens is 1. The van der Waals surface area contributed by atoms with Gasteiger partial charge in [-0.15, -0.1) is 11.6 Å². The zero-order chi connectivity index (χ0) is 13.7. The molecule has 0 spiro atoms. The van der Waals surface area contributed by atoms with E-state index < -0.39 is 10.0 Å². The third-order valence-electron chi connectivity index (χ3n) is 3.45. The first-order valence-electron chi connectivity index (χ1n) is 6.59. The van der Waals surface area contributed by atoms with E-state index in [-0.39, 0.29) is 11.8 Å². The van der Waals surface area contributed by atoms with Crippen molar-refractivity contribution in [3.05, 3.63) is 30.1 Å². The van der Waals surface area contributed by atoms with Crippen LogP contribution in [-0.2, 0) is 16.4 Å². The van der Waals surface area contributed by atoms with E-state index in [1.807, 2.05) is 18.2 Å². The Morgan fingerprint density at radius 2 is 2.21 bits per heavy atom. The normalized spacial score (nSPS) is 21.4. The van der Waals surface area contributed by atoms with Crippen molar-refractivity contribution < 1.29 is 8.42 Å². The Balaban J connectivity index is 2.01. The highest BCUT2D eigenvalue weighted by Gasteiger charge is 2.31. The molecule has 0 bridgehead atoms. The van der Waals surface area contributed by atoms with Gasteiger partial charge in [0.15, 0.2) is 0 Å². The summed E-state index contributed by atoms with van der Waals surface area (Å²) in [6, 6.07) is 5.51. The molecule has 1 saturated heterocycles. The molecular weight excluding hydrogens is 284 g/mol. The van der Waals surface area contributed by atoms with Gasteiger partial charge in [-0.25, -0.2) is 8.42 Å². The number of hydrogen-bond donors (Lipinski definition) is 0. The van der Waals surface area contributed by atoms with Gasteiger partial charge in [0.2, 0.25) is 10.0 Å². The van der Waals surface area contributed by atoms with Crippen LogP contribution in [0.5, 0.6) is 0 Å². The van der Waals surface area contributed by atoms with Gasteiger partial charge in [0.05, 0.1) is 5.75 Å². The maximum Gasteiger partial charge on any atom is 0.214 e. The van der Waals surface area contributed by atoms with E-state index in [4.69, 9.17) is 11.6 Å². The SMILES string of the molecule is O=S(=O)(CCc1ccccn1)N1CCCCC1CCl. The predicted octanol–water partition coefficient (Wildman–Crippen LogP) is 2.05. The second-order valence-corrected chi connectivity index (χ2v) is 7.15. The van der Waals surface area contributed by atoms with Crippen LogP contribution in [-0.4, -0.2) is 41.9 Å². The van der Waals surface area contributed by atoms with Gasteiger partial charge in [-0.3, -0.25) is 4.98 Å². The summed E-state index contributed by atoms with van der Waals surface area (Å²) >= 11 is 5.88. The van der Waals surface area contributed by atoms with Gasteiger partial charge < -0.3 is 0 Å². The fourth-order valence-electron chi connectivity index (χ4n) is 2.39. The van der Waals surface area contributed by atoms with Crippen molar-refractivity contribution in [1.29, 1.82) is 0 Å². The second kappa shape index (κ2) is 6.68. The molecule has 2 heterocycles. The fourth-order valence-corrected chi connectivity index (χ4v) is 4.54. The van der Waals surface area contributed by atoms with E-state index in [0.29, 0.717) is 18.8 Å². The third kappa shape index (κ3) is 3.91. The summed E-state index contributed by atoms with van der Waals surface area (Å²) in [4.78, 5) is 4.16. The van der Waals surface area contributed by atoms with E-state index in [0.717, 1.165) is 25.0 Å². The molecule has 1 aliphatic rings. The van der Waals surface area contributed by atoms with E-state index in [1.54, 1.807) is 10.5 Å². The molecular formula is C13H19ClN2O2S. The van der Waals surface area contributed by atoms with Crippen LogP contribution in [0.15, 0.2) is 24.4 Å². The summed E-state index contributed by atoms with van der Waals surface area (Å²) in [5.41, 5.74) is 0.811. The highest BCUT2D eigenvalue weighted by molar-refractivity contribution is 7.89. The minimum atomic E-state index is -3.23. The van der Waals surface area contributed by atoms with Gasteiger partial charge in [0.25, 0.3) is 0 Å². The molecule has 6 heteroatoms. The zero-order valence-electron chi connectivity index (χ0n) is 10.8. The lowest BCUT2D eigenvalue weighted by Crippen LogP contribution is -2.45. The molecule has 0 aromatic carbocycles. The van der Waals surface area contributed by atoms with Crippen LogP contribution in [0.4, 0.5) is 0 Å². The van der Waals surface area contributed by atoms with Crippen LogP contribution in [0.2, 0.25) is 0 Å². The number of aryl methyl sites for hydroxylation is 1. The number of hydrogen-bond acceptors (Lipinski definition) is 3. The number of piperidine rings is 1. The Hall–Kier alpha value is -0.650. The molecule has 4 nitrogen and oxygen atoms in total. The van der Waals surface area contributed by atoms with Crippen molar-refractivity contribution in [1.82, 2.24) is 9.29 Å². The van der Waals surface area contributed by atoms with Crippen LogP contribution in [0.3, 0.4) is 0 Å². The van der Waals surface area contributed by atoms with E-state index in [9.17, 15) is 8.42 Å². The van der Waals surface area contributed by atoms with Crippen molar-refractivity contribution in [2.24, 2.45) is 0 Å². The molecule has 1 fully saturated rings. The molecule has 1 atom stereocenters. The molecule has 2 rings (SSSR count). The smallest absolute Gasteiger partial charge is 0.214 e. The molecule has 106 valence electrons. The monoisotopic (exact) mass is 302 g/mol. The summed E-state index contributed by atoms with van der Waals surface area (Å²) in [7, 11) is -3.23. The highest BCUT2D eigenvalue weighted by Crippen LogP contribution is 2.22. The maximum absolute atomic E-state index is 12.4. The standard InChI is InChI=1S/C13H19ClN2O2S/c14-11-13-6-2-4-9-16(13)19(17,18)10-7-12-5-1-3-8-15-12/h1,3,5,8,13H,2,4,6-7,9-11H2. The first-order valence-corrected chi connectivity index (χ1v) is 8.73. The minimum absolute atomic E-state index is 0.0378. The van der Waals surface area contributed by atoms with Gasteiger partial charge in [-0.05, 0) is 25.0 Å². The van der Waals surface area contributed by atoms with Crippen molar-refractivity contribution in [3.63, 3.8) is 0 Å². The average molecular weight is 303 g/mol. The summed E-state index contributed by atoms with van der Waals surface area (Å²) < 4.78 is 26.3. The fraction of sp³-hybridized carbons (Fsp3) is 0.615. The number of sulfonamides is 1. The number of nitrogens with zero attached hydrogens (tertiary/aromatic N) is 2. The van der Waals surface area contributed by atoms with Crippen LogP contribution in [0.25, 0.3) is 0 Å².